The molecule has 128 valence electrons. The number of aromatic amines is 1. The standard InChI is InChI=1S/C21H21ClN2O/c22-18-6-7-19-17(13-18)14-20(23-19)21(25)24-10-8-16(9-11-24)12-15-4-2-1-3-5-15/h1-7,13-14,16,23H,8-12H2. The van der Waals surface area contributed by atoms with Gasteiger partial charge in [-0.25, -0.2) is 0 Å². The number of aromatic nitrogens is 1. The lowest BCUT2D eigenvalue weighted by Crippen LogP contribution is -2.39. The summed E-state index contributed by atoms with van der Waals surface area (Å²) in [7, 11) is 0. The number of H-pyrrole nitrogens is 1. The van der Waals surface area contributed by atoms with Crippen molar-refractivity contribution < 1.29 is 4.79 Å². The predicted molar refractivity (Wildman–Crippen MR) is 102 cm³/mol. The fraction of sp³-hybridized carbons (Fsp3) is 0.286. The number of fused-ring (bicyclic) bond motifs is 1. The van der Waals surface area contributed by atoms with Gasteiger partial charge < -0.3 is 9.88 Å². The zero-order valence-electron chi connectivity index (χ0n) is 14.0. The molecule has 1 aromatic heterocycles. The van der Waals surface area contributed by atoms with Crippen molar-refractivity contribution in [2.75, 3.05) is 13.1 Å². The molecule has 2 aromatic carbocycles. The Balaban J connectivity index is 1.40. The number of nitrogens with zero attached hydrogens (tertiary/aromatic N) is 1. The van der Waals surface area contributed by atoms with Gasteiger partial charge in [0.2, 0.25) is 0 Å². The van der Waals surface area contributed by atoms with E-state index < -0.39 is 0 Å². The zero-order chi connectivity index (χ0) is 17.2. The van der Waals surface area contributed by atoms with Crippen LogP contribution in [-0.2, 0) is 6.42 Å². The third-order valence-electron chi connectivity index (χ3n) is 5.08. The van der Waals surface area contributed by atoms with Crippen LogP contribution in [0.5, 0.6) is 0 Å². The number of nitrogens with one attached hydrogen (secondary N) is 1. The quantitative estimate of drug-likeness (QED) is 0.713. The van der Waals surface area contributed by atoms with Crippen molar-refractivity contribution in [3.05, 3.63) is 70.9 Å². The fourth-order valence-electron chi connectivity index (χ4n) is 3.68. The molecule has 0 radical (unpaired) electrons. The Bertz CT molecular complexity index is 879. The summed E-state index contributed by atoms with van der Waals surface area (Å²) >= 11 is 6.03. The maximum Gasteiger partial charge on any atom is 0.270 e. The van der Waals surface area contributed by atoms with Crippen LogP contribution in [0, 0.1) is 5.92 Å². The van der Waals surface area contributed by atoms with Crippen LogP contribution in [0.4, 0.5) is 0 Å². The molecule has 0 spiro atoms. The number of likely N-dealkylation sites (tertiary alicyclic amines) is 1. The van der Waals surface area contributed by atoms with Crippen molar-refractivity contribution >= 4 is 28.4 Å². The molecule has 4 heteroatoms. The molecule has 1 N–H and O–H groups in total. The fourth-order valence-corrected chi connectivity index (χ4v) is 3.86. The number of carbonyl (C=O) groups excluding carboxylic acids is 1. The van der Waals surface area contributed by atoms with E-state index in [1.165, 1.54) is 5.56 Å². The number of halogens is 1. The third-order valence-corrected chi connectivity index (χ3v) is 5.32. The highest BCUT2D eigenvalue weighted by Crippen LogP contribution is 2.25. The van der Waals surface area contributed by atoms with E-state index in [0.29, 0.717) is 16.6 Å². The zero-order valence-corrected chi connectivity index (χ0v) is 14.8. The monoisotopic (exact) mass is 352 g/mol. The first-order valence-electron chi connectivity index (χ1n) is 8.80. The van der Waals surface area contributed by atoms with E-state index in [1.807, 2.05) is 29.2 Å². The maximum absolute atomic E-state index is 12.8. The van der Waals surface area contributed by atoms with E-state index in [-0.39, 0.29) is 5.91 Å². The SMILES string of the molecule is O=C(c1cc2cc(Cl)ccc2[nH]1)N1CCC(Cc2ccccc2)CC1. The van der Waals surface area contributed by atoms with Gasteiger partial charge in [0, 0.05) is 29.0 Å². The van der Waals surface area contributed by atoms with Gasteiger partial charge in [-0.05, 0) is 55.0 Å². The summed E-state index contributed by atoms with van der Waals surface area (Å²) in [6, 6.07) is 18.2. The highest BCUT2D eigenvalue weighted by Gasteiger charge is 2.24. The van der Waals surface area contributed by atoms with Crippen LogP contribution in [0.15, 0.2) is 54.6 Å². The number of piperidine rings is 1. The lowest BCUT2D eigenvalue weighted by atomic mass is 9.90. The largest absolute Gasteiger partial charge is 0.351 e. The number of amides is 1. The van der Waals surface area contributed by atoms with Gasteiger partial charge in [0.1, 0.15) is 5.69 Å². The summed E-state index contributed by atoms with van der Waals surface area (Å²) in [6.45, 7) is 1.65. The van der Waals surface area contributed by atoms with E-state index >= 15 is 0 Å². The van der Waals surface area contributed by atoms with Crippen molar-refractivity contribution in [3.63, 3.8) is 0 Å². The Labute approximate surface area is 152 Å². The van der Waals surface area contributed by atoms with Crippen molar-refractivity contribution in [1.29, 1.82) is 0 Å². The Hall–Kier alpha value is -2.26. The minimum Gasteiger partial charge on any atom is -0.351 e. The Morgan fingerprint density at radius 3 is 2.60 bits per heavy atom. The average Bonchev–Trinajstić information content (AvgIpc) is 3.06. The molecule has 0 unspecified atom stereocenters. The van der Waals surface area contributed by atoms with Crippen molar-refractivity contribution in [3.8, 4) is 0 Å². The topological polar surface area (TPSA) is 36.1 Å². The Morgan fingerprint density at radius 1 is 1.08 bits per heavy atom. The number of carbonyl (C=O) groups is 1. The second kappa shape index (κ2) is 6.93. The molecule has 1 amide bonds. The van der Waals surface area contributed by atoms with E-state index in [0.717, 1.165) is 43.3 Å². The van der Waals surface area contributed by atoms with Crippen LogP contribution < -0.4 is 0 Å². The van der Waals surface area contributed by atoms with Crippen LogP contribution in [0.1, 0.15) is 28.9 Å². The van der Waals surface area contributed by atoms with Crippen LogP contribution in [-0.4, -0.2) is 28.9 Å². The molecule has 3 aromatic rings. The predicted octanol–water partition coefficient (Wildman–Crippen LogP) is 4.92. The van der Waals surface area contributed by atoms with Crippen molar-refractivity contribution in [2.24, 2.45) is 5.92 Å². The molecule has 2 heterocycles. The molecular formula is C21H21ClN2O. The maximum atomic E-state index is 12.8. The first kappa shape index (κ1) is 16.2. The Morgan fingerprint density at radius 2 is 1.84 bits per heavy atom. The summed E-state index contributed by atoms with van der Waals surface area (Å²) in [6.07, 6.45) is 3.23. The molecule has 1 fully saturated rings. The summed E-state index contributed by atoms with van der Waals surface area (Å²) in [4.78, 5) is 18.0. The first-order chi connectivity index (χ1) is 12.2. The normalized spacial score (nSPS) is 15.6. The molecule has 1 saturated heterocycles. The van der Waals surface area contributed by atoms with Gasteiger partial charge in [-0.15, -0.1) is 0 Å². The smallest absolute Gasteiger partial charge is 0.270 e. The number of rotatable bonds is 3. The van der Waals surface area contributed by atoms with E-state index in [4.69, 9.17) is 11.6 Å². The molecule has 25 heavy (non-hydrogen) atoms. The summed E-state index contributed by atoms with van der Waals surface area (Å²) < 4.78 is 0. The summed E-state index contributed by atoms with van der Waals surface area (Å²) in [5.74, 6) is 0.749. The number of hydrogen-bond donors (Lipinski definition) is 1. The van der Waals surface area contributed by atoms with Gasteiger partial charge in [0.05, 0.1) is 0 Å². The van der Waals surface area contributed by atoms with Gasteiger partial charge in [-0.3, -0.25) is 4.79 Å². The first-order valence-corrected chi connectivity index (χ1v) is 9.18. The highest BCUT2D eigenvalue weighted by molar-refractivity contribution is 6.31. The molecule has 1 aliphatic heterocycles. The lowest BCUT2D eigenvalue weighted by molar-refractivity contribution is 0.0685. The summed E-state index contributed by atoms with van der Waals surface area (Å²) in [5.41, 5.74) is 2.99. The van der Waals surface area contributed by atoms with Crippen molar-refractivity contribution in [2.45, 2.75) is 19.3 Å². The molecule has 3 nitrogen and oxygen atoms in total. The van der Waals surface area contributed by atoms with Crippen LogP contribution in [0.3, 0.4) is 0 Å². The highest BCUT2D eigenvalue weighted by atomic mass is 35.5. The molecular weight excluding hydrogens is 332 g/mol. The minimum absolute atomic E-state index is 0.0884. The van der Waals surface area contributed by atoms with Gasteiger partial charge in [0.25, 0.3) is 5.91 Å². The van der Waals surface area contributed by atoms with Gasteiger partial charge >= 0.3 is 0 Å². The van der Waals surface area contributed by atoms with Gasteiger partial charge in [0.15, 0.2) is 0 Å². The van der Waals surface area contributed by atoms with Crippen LogP contribution in [0.25, 0.3) is 10.9 Å². The average molecular weight is 353 g/mol. The number of benzene rings is 2. The van der Waals surface area contributed by atoms with Crippen LogP contribution in [0.2, 0.25) is 5.02 Å². The molecule has 0 atom stereocenters. The lowest BCUT2D eigenvalue weighted by Gasteiger charge is -2.31. The molecule has 0 aliphatic carbocycles. The Kier molecular flexibility index (Phi) is 4.50. The van der Waals surface area contributed by atoms with E-state index in [1.54, 1.807) is 0 Å². The number of hydrogen-bond acceptors (Lipinski definition) is 1. The molecule has 0 saturated carbocycles. The van der Waals surface area contributed by atoms with Gasteiger partial charge in [-0.1, -0.05) is 41.9 Å². The second-order valence-electron chi connectivity index (χ2n) is 6.84. The van der Waals surface area contributed by atoms with Crippen molar-refractivity contribution in [1.82, 2.24) is 9.88 Å². The minimum atomic E-state index is 0.0884. The van der Waals surface area contributed by atoms with E-state index in [2.05, 4.69) is 35.3 Å². The van der Waals surface area contributed by atoms with E-state index in [9.17, 15) is 4.79 Å². The molecule has 4 rings (SSSR count). The van der Waals surface area contributed by atoms with Crippen LogP contribution >= 0.6 is 11.6 Å². The second-order valence-corrected chi connectivity index (χ2v) is 7.28. The van der Waals surface area contributed by atoms with Gasteiger partial charge in [-0.2, -0.15) is 0 Å². The summed E-state index contributed by atoms with van der Waals surface area (Å²) in [5, 5.41) is 1.67. The molecule has 0 bridgehead atoms. The third kappa shape index (κ3) is 3.57. The molecule has 1 aliphatic rings.